The standard InChI is InChI=1S/C23H11Cl2F4N5O3/c24-12-4-11(8-30)5-14(6-12)37-19-20(23(27,28)29)31-10-34(22(19)36)9-13-7-16(21(35)33-32-13)15-2-1-3-17(26)18(15)25/h1-7,10H,9H2,(H,33,35). The SMILES string of the molecule is N#Cc1cc(Cl)cc(Oc2c(C(F)(F)F)ncn(Cc3cc(-c4cccc(F)c4Cl)c(=O)[nH]n3)c2=O)c1. The van der Waals surface area contributed by atoms with Crippen LogP contribution in [0.15, 0.2) is 58.4 Å². The van der Waals surface area contributed by atoms with Gasteiger partial charge in [0.15, 0.2) is 5.69 Å². The van der Waals surface area contributed by atoms with Crippen LogP contribution in [0.2, 0.25) is 10.0 Å². The number of hydrogen-bond acceptors (Lipinski definition) is 6. The van der Waals surface area contributed by atoms with E-state index < -0.39 is 41.1 Å². The van der Waals surface area contributed by atoms with Crippen LogP contribution in [0.25, 0.3) is 11.1 Å². The van der Waals surface area contributed by atoms with Gasteiger partial charge in [0, 0.05) is 10.6 Å². The monoisotopic (exact) mass is 551 g/mol. The van der Waals surface area contributed by atoms with Crippen LogP contribution in [0, 0.1) is 17.1 Å². The minimum atomic E-state index is -5.05. The molecule has 0 bridgehead atoms. The third-order valence-electron chi connectivity index (χ3n) is 4.92. The summed E-state index contributed by atoms with van der Waals surface area (Å²) < 4.78 is 60.7. The van der Waals surface area contributed by atoms with Crippen LogP contribution < -0.4 is 15.9 Å². The first-order chi connectivity index (χ1) is 17.5. The molecule has 0 saturated heterocycles. The minimum absolute atomic E-state index is 0.00666. The molecule has 4 rings (SSSR count). The maximum absolute atomic E-state index is 13.9. The number of ether oxygens (including phenoxy) is 1. The van der Waals surface area contributed by atoms with E-state index in [1.54, 1.807) is 6.07 Å². The highest BCUT2D eigenvalue weighted by atomic mass is 35.5. The minimum Gasteiger partial charge on any atom is -0.449 e. The fourth-order valence-electron chi connectivity index (χ4n) is 3.30. The Balaban J connectivity index is 1.78. The number of nitrogens with one attached hydrogen (secondary N) is 1. The Kier molecular flexibility index (Phi) is 7.02. The highest BCUT2D eigenvalue weighted by molar-refractivity contribution is 6.33. The Morgan fingerprint density at radius 3 is 2.57 bits per heavy atom. The van der Waals surface area contributed by atoms with E-state index in [1.165, 1.54) is 24.3 Å². The van der Waals surface area contributed by atoms with Gasteiger partial charge in [0.25, 0.3) is 11.1 Å². The second kappa shape index (κ2) is 10.0. The maximum atomic E-state index is 13.9. The second-order valence-electron chi connectivity index (χ2n) is 7.45. The molecular weight excluding hydrogens is 541 g/mol. The van der Waals surface area contributed by atoms with Crippen molar-refractivity contribution < 1.29 is 22.3 Å². The van der Waals surface area contributed by atoms with E-state index >= 15 is 0 Å². The summed E-state index contributed by atoms with van der Waals surface area (Å²) in [6.07, 6.45) is -4.42. The molecule has 4 aromatic rings. The lowest BCUT2D eigenvalue weighted by atomic mass is 10.1. The summed E-state index contributed by atoms with van der Waals surface area (Å²) >= 11 is 11.8. The maximum Gasteiger partial charge on any atom is 0.437 e. The van der Waals surface area contributed by atoms with Crippen LogP contribution in [0.3, 0.4) is 0 Å². The molecular formula is C23H11Cl2F4N5O3. The Labute approximate surface area is 214 Å². The largest absolute Gasteiger partial charge is 0.449 e. The van der Waals surface area contributed by atoms with Gasteiger partial charge in [-0.05, 0) is 30.3 Å². The van der Waals surface area contributed by atoms with Crippen molar-refractivity contribution >= 4 is 23.2 Å². The molecule has 0 amide bonds. The molecule has 0 unspecified atom stereocenters. The van der Waals surface area contributed by atoms with Crippen molar-refractivity contribution in [2.24, 2.45) is 0 Å². The number of H-pyrrole nitrogens is 1. The van der Waals surface area contributed by atoms with Crippen LogP contribution >= 0.6 is 23.2 Å². The molecule has 2 heterocycles. The summed E-state index contributed by atoms with van der Waals surface area (Å²) in [4.78, 5) is 28.7. The van der Waals surface area contributed by atoms with Gasteiger partial charge in [-0.15, -0.1) is 0 Å². The van der Waals surface area contributed by atoms with Crippen LogP contribution in [0.1, 0.15) is 17.0 Å². The van der Waals surface area contributed by atoms with Gasteiger partial charge < -0.3 is 4.74 Å². The van der Waals surface area contributed by atoms with Gasteiger partial charge >= 0.3 is 6.18 Å². The van der Waals surface area contributed by atoms with Gasteiger partial charge in [-0.2, -0.15) is 23.5 Å². The first-order valence-electron chi connectivity index (χ1n) is 10.1. The van der Waals surface area contributed by atoms with E-state index in [0.29, 0.717) is 6.33 Å². The van der Waals surface area contributed by atoms with Gasteiger partial charge in [-0.3, -0.25) is 14.2 Å². The number of rotatable bonds is 5. The van der Waals surface area contributed by atoms with Crippen molar-refractivity contribution in [2.75, 3.05) is 0 Å². The van der Waals surface area contributed by atoms with E-state index in [9.17, 15) is 27.2 Å². The first-order valence-corrected chi connectivity index (χ1v) is 10.8. The van der Waals surface area contributed by atoms with Crippen molar-refractivity contribution in [1.29, 1.82) is 5.26 Å². The van der Waals surface area contributed by atoms with Gasteiger partial charge in [0.05, 0.1) is 40.8 Å². The number of halogens is 6. The molecule has 0 spiro atoms. The molecule has 0 aliphatic heterocycles. The van der Waals surface area contributed by atoms with E-state index in [0.717, 1.165) is 22.8 Å². The lowest BCUT2D eigenvalue weighted by molar-refractivity contribution is -0.142. The Morgan fingerprint density at radius 1 is 1.11 bits per heavy atom. The van der Waals surface area contributed by atoms with E-state index in [1.807, 2.05) is 0 Å². The third-order valence-corrected chi connectivity index (χ3v) is 5.52. The third kappa shape index (κ3) is 5.47. The number of nitrogens with zero attached hydrogens (tertiary/aromatic N) is 4. The molecule has 0 aliphatic carbocycles. The van der Waals surface area contributed by atoms with Gasteiger partial charge in [0.2, 0.25) is 5.75 Å². The molecule has 2 aromatic carbocycles. The van der Waals surface area contributed by atoms with Crippen LogP contribution in [0.4, 0.5) is 17.6 Å². The normalized spacial score (nSPS) is 11.3. The second-order valence-corrected chi connectivity index (χ2v) is 8.26. The zero-order valence-electron chi connectivity index (χ0n) is 18.1. The van der Waals surface area contributed by atoms with Crippen LogP contribution in [-0.2, 0) is 12.7 Å². The number of aromatic nitrogens is 4. The molecule has 0 radical (unpaired) electrons. The summed E-state index contributed by atoms with van der Waals surface area (Å²) in [6, 6.07) is 10.3. The molecule has 188 valence electrons. The Morgan fingerprint density at radius 2 is 1.86 bits per heavy atom. The van der Waals surface area contributed by atoms with Crippen molar-refractivity contribution in [3.63, 3.8) is 0 Å². The highest BCUT2D eigenvalue weighted by Crippen LogP contribution is 2.35. The van der Waals surface area contributed by atoms with Crippen molar-refractivity contribution in [1.82, 2.24) is 19.7 Å². The molecule has 2 aromatic heterocycles. The lowest BCUT2D eigenvalue weighted by Crippen LogP contribution is -2.27. The average molecular weight is 552 g/mol. The van der Waals surface area contributed by atoms with Gasteiger partial charge in [-0.1, -0.05) is 35.3 Å². The quantitative estimate of drug-likeness (QED) is 0.342. The fraction of sp³-hybridized carbons (Fsp3) is 0.0870. The summed E-state index contributed by atoms with van der Waals surface area (Å²) in [7, 11) is 0. The molecule has 0 saturated carbocycles. The van der Waals surface area contributed by atoms with Crippen LogP contribution in [-0.4, -0.2) is 19.7 Å². The summed E-state index contributed by atoms with van der Waals surface area (Å²) in [5, 5.41) is 14.7. The zero-order chi connectivity index (χ0) is 26.9. The van der Waals surface area contributed by atoms with Crippen LogP contribution in [0.5, 0.6) is 11.5 Å². The lowest BCUT2D eigenvalue weighted by Gasteiger charge is -2.15. The molecule has 0 atom stereocenters. The predicted molar refractivity (Wildman–Crippen MR) is 124 cm³/mol. The molecule has 1 N–H and O–H groups in total. The number of aromatic amines is 1. The molecule has 14 heteroatoms. The summed E-state index contributed by atoms with van der Waals surface area (Å²) in [5.74, 6) is -2.24. The summed E-state index contributed by atoms with van der Waals surface area (Å²) in [5.41, 5.74) is -3.59. The van der Waals surface area contributed by atoms with Crippen molar-refractivity contribution in [3.8, 4) is 28.7 Å². The number of hydrogen-bond donors (Lipinski definition) is 1. The fourth-order valence-corrected chi connectivity index (χ4v) is 3.75. The smallest absolute Gasteiger partial charge is 0.437 e. The Bertz CT molecular complexity index is 1680. The van der Waals surface area contributed by atoms with Crippen molar-refractivity contribution in [3.05, 3.63) is 102 Å². The summed E-state index contributed by atoms with van der Waals surface area (Å²) in [6.45, 7) is -0.448. The molecule has 0 fully saturated rings. The number of alkyl halides is 3. The van der Waals surface area contributed by atoms with Gasteiger partial charge in [0.1, 0.15) is 11.6 Å². The highest BCUT2D eigenvalue weighted by Gasteiger charge is 2.38. The van der Waals surface area contributed by atoms with E-state index in [-0.39, 0.29) is 38.2 Å². The van der Waals surface area contributed by atoms with E-state index in [2.05, 4.69) is 15.2 Å². The van der Waals surface area contributed by atoms with Crippen molar-refractivity contribution in [2.45, 2.75) is 12.7 Å². The zero-order valence-corrected chi connectivity index (χ0v) is 19.6. The number of benzene rings is 2. The molecule has 0 aliphatic rings. The Hall–Kier alpha value is -4.21. The van der Waals surface area contributed by atoms with Gasteiger partial charge in [-0.25, -0.2) is 14.5 Å². The first kappa shape index (κ1) is 25.9. The average Bonchev–Trinajstić information content (AvgIpc) is 2.83. The topological polar surface area (TPSA) is 114 Å². The predicted octanol–water partition coefficient (Wildman–Crippen LogP) is 5.17. The molecule has 37 heavy (non-hydrogen) atoms. The number of nitriles is 1. The van der Waals surface area contributed by atoms with E-state index in [4.69, 9.17) is 33.2 Å². The molecule has 8 nitrogen and oxygen atoms in total.